The molecule has 0 aliphatic carbocycles. The summed E-state index contributed by atoms with van der Waals surface area (Å²) in [5.41, 5.74) is 2.94. The largest absolute Gasteiger partial charge is 0.508 e. The summed E-state index contributed by atoms with van der Waals surface area (Å²) in [5, 5.41) is 20.6. The standard InChI is InChI=1S/C33H35NO7/c1-22-20-29(36)32(33(38)34(22)18-16-23-8-12-25(35)13-9-23)28(21-31(37)40-3)27-6-4-5-7-30(27)41-19-17-24-10-14-26(39-2)15-11-24/h4-15,20,28,35-36H,16-19,21H2,1-3H3/t28-/m1/s1. The number of benzene rings is 3. The van der Waals surface area contributed by atoms with E-state index in [-0.39, 0.29) is 29.0 Å². The number of carbonyl (C=O) groups is 1. The molecule has 0 saturated carbocycles. The summed E-state index contributed by atoms with van der Waals surface area (Å²) in [7, 11) is 2.91. The molecule has 0 bridgehead atoms. The lowest BCUT2D eigenvalue weighted by molar-refractivity contribution is -0.140. The number of para-hydroxylation sites is 1. The van der Waals surface area contributed by atoms with E-state index in [0.29, 0.717) is 43.0 Å². The van der Waals surface area contributed by atoms with Crippen LogP contribution in [0.25, 0.3) is 0 Å². The Labute approximate surface area is 239 Å². The minimum Gasteiger partial charge on any atom is -0.508 e. The molecule has 41 heavy (non-hydrogen) atoms. The second-order valence-corrected chi connectivity index (χ2v) is 9.78. The first-order valence-electron chi connectivity index (χ1n) is 13.4. The maximum absolute atomic E-state index is 13.9. The molecule has 8 heteroatoms. The monoisotopic (exact) mass is 557 g/mol. The molecule has 1 aromatic heterocycles. The number of aromatic nitrogens is 1. The van der Waals surface area contributed by atoms with Crippen LogP contribution in [-0.4, -0.2) is 41.6 Å². The van der Waals surface area contributed by atoms with Crippen molar-refractivity contribution < 1.29 is 29.2 Å². The number of phenols is 1. The van der Waals surface area contributed by atoms with Crippen LogP contribution < -0.4 is 15.0 Å². The molecule has 8 nitrogen and oxygen atoms in total. The van der Waals surface area contributed by atoms with Crippen LogP contribution in [0.2, 0.25) is 0 Å². The zero-order valence-electron chi connectivity index (χ0n) is 23.5. The van der Waals surface area contributed by atoms with Gasteiger partial charge in [0.05, 0.1) is 32.8 Å². The van der Waals surface area contributed by atoms with E-state index in [9.17, 15) is 19.8 Å². The number of esters is 1. The van der Waals surface area contributed by atoms with Crippen molar-refractivity contribution >= 4 is 5.97 Å². The number of aromatic hydroxyl groups is 2. The molecule has 0 fully saturated rings. The topological polar surface area (TPSA) is 107 Å². The molecule has 0 spiro atoms. The second kappa shape index (κ2) is 13.6. The highest BCUT2D eigenvalue weighted by Gasteiger charge is 2.29. The van der Waals surface area contributed by atoms with Crippen LogP contribution in [0.3, 0.4) is 0 Å². The van der Waals surface area contributed by atoms with E-state index >= 15 is 0 Å². The summed E-state index contributed by atoms with van der Waals surface area (Å²) in [6, 6.07) is 23.3. The van der Waals surface area contributed by atoms with Crippen molar-refractivity contribution in [2.45, 2.75) is 38.6 Å². The van der Waals surface area contributed by atoms with E-state index < -0.39 is 11.9 Å². The van der Waals surface area contributed by atoms with Gasteiger partial charge in [0.1, 0.15) is 23.0 Å². The van der Waals surface area contributed by atoms with Gasteiger partial charge in [0.15, 0.2) is 0 Å². The van der Waals surface area contributed by atoms with Crippen LogP contribution in [-0.2, 0) is 28.9 Å². The number of nitrogens with zero attached hydrogens (tertiary/aromatic N) is 1. The minimum absolute atomic E-state index is 0.109. The van der Waals surface area contributed by atoms with Gasteiger partial charge in [0, 0.05) is 30.1 Å². The van der Waals surface area contributed by atoms with Crippen molar-refractivity contribution in [2.24, 2.45) is 0 Å². The Balaban J connectivity index is 1.65. The summed E-state index contributed by atoms with van der Waals surface area (Å²) in [6.07, 6.45) is 1.02. The third-order valence-corrected chi connectivity index (χ3v) is 7.13. The van der Waals surface area contributed by atoms with E-state index in [1.165, 1.54) is 7.11 Å². The van der Waals surface area contributed by atoms with Crippen molar-refractivity contribution in [2.75, 3.05) is 20.8 Å². The van der Waals surface area contributed by atoms with Gasteiger partial charge in [-0.15, -0.1) is 0 Å². The summed E-state index contributed by atoms with van der Waals surface area (Å²) in [4.78, 5) is 26.5. The Morgan fingerprint density at radius 3 is 2.24 bits per heavy atom. The molecule has 0 aliphatic heterocycles. The van der Waals surface area contributed by atoms with E-state index in [1.54, 1.807) is 61.1 Å². The molecule has 2 N–H and O–H groups in total. The summed E-state index contributed by atoms with van der Waals surface area (Å²) < 4.78 is 18.0. The average Bonchev–Trinajstić information content (AvgIpc) is 2.98. The highest BCUT2D eigenvalue weighted by Crippen LogP contribution is 2.37. The Bertz CT molecular complexity index is 1530. The lowest BCUT2D eigenvalue weighted by Crippen LogP contribution is -2.29. The molecule has 0 radical (unpaired) electrons. The summed E-state index contributed by atoms with van der Waals surface area (Å²) in [5.74, 6) is -0.0344. The maximum Gasteiger partial charge on any atom is 0.306 e. The van der Waals surface area contributed by atoms with E-state index in [1.807, 2.05) is 36.4 Å². The van der Waals surface area contributed by atoms with Gasteiger partial charge in [-0.3, -0.25) is 9.59 Å². The Kier molecular flexibility index (Phi) is 9.68. The van der Waals surface area contributed by atoms with Gasteiger partial charge in [0.25, 0.3) is 5.56 Å². The smallest absolute Gasteiger partial charge is 0.306 e. The van der Waals surface area contributed by atoms with Gasteiger partial charge in [0.2, 0.25) is 0 Å². The quantitative estimate of drug-likeness (QED) is 0.232. The van der Waals surface area contributed by atoms with Gasteiger partial charge < -0.3 is 29.0 Å². The number of hydrogen-bond acceptors (Lipinski definition) is 7. The molecule has 1 heterocycles. The first kappa shape index (κ1) is 29.3. The van der Waals surface area contributed by atoms with Crippen LogP contribution in [0.15, 0.2) is 83.7 Å². The number of hydrogen-bond donors (Lipinski definition) is 2. The van der Waals surface area contributed by atoms with Crippen LogP contribution in [0.4, 0.5) is 0 Å². The number of carbonyl (C=O) groups excluding carboxylic acids is 1. The Hall–Kier alpha value is -4.72. The normalized spacial score (nSPS) is 11.6. The third-order valence-electron chi connectivity index (χ3n) is 7.13. The SMILES string of the molecule is COC(=O)C[C@H](c1ccccc1OCCc1ccc(OC)cc1)c1c(O)cc(C)n(CCc2ccc(O)cc2)c1=O. The second-order valence-electron chi connectivity index (χ2n) is 9.78. The molecule has 0 aliphatic rings. The Morgan fingerprint density at radius 1 is 0.902 bits per heavy atom. The van der Waals surface area contributed by atoms with Crippen molar-refractivity contribution in [3.05, 3.63) is 117 Å². The first-order valence-corrected chi connectivity index (χ1v) is 13.4. The maximum atomic E-state index is 13.9. The number of aryl methyl sites for hydroxylation is 2. The van der Waals surface area contributed by atoms with E-state index in [2.05, 4.69) is 0 Å². The van der Waals surface area contributed by atoms with Crippen LogP contribution in [0, 0.1) is 6.92 Å². The van der Waals surface area contributed by atoms with Crippen molar-refractivity contribution in [1.82, 2.24) is 4.57 Å². The number of phenolic OH excluding ortho intramolecular Hbond substituents is 1. The number of methoxy groups -OCH3 is 2. The minimum atomic E-state index is -0.798. The molecule has 3 aromatic carbocycles. The zero-order valence-corrected chi connectivity index (χ0v) is 23.5. The van der Waals surface area contributed by atoms with Gasteiger partial charge in [-0.25, -0.2) is 0 Å². The highest BCUT2D eigenvalue weighted by atomic mass is 16.5. The van der Waals surface area contributed by atoms with Crippen molar-refractivity contribution in [3.63, 3.8) is 0 Å². The van der Waals surface area contributed by atoms with E-state index in [0.717, 1.165) is 16.9 Å². The summed E-state index contributed by atoms with van der Waals surface area (Å²) in [6.45, 7) is 2.48. The van der Waals surface area contributed by atoms with Crippen molar-refractivity contribution in [3.8, 4) is 23.0 Å². The fourth-order valence-corrected chi connectivity index (χ4v) is 4.87. The van der Waals surface area contributed by atoms with Crippen LogP contribution in [0.5, 0.6) is 23.0 Å². The van der Waals surface area contributed by atoms with Crippen molar-refractivity contribution in [1.29, 1.82) is 0 Å². The highest BCUT2D eigenvalue weighted by molar-refractivity contribution is 5.72. The van der Waals surface area contributed by atoms with Crippen LogP contribution >= 0.6 is 0 Å². The first-order chi connectivity index (χ1) is 19.8. The third kappa shape index (κ3) is 7.28. The molecule has 0 saturated heterocycles. The predicted octanol–water partition coefficient (Wildman–Crippen LogP) is 5.14. The molecular formula is C33H35NO7. The van der Waals surface area contributed by atoms with Gasteiger partial charge >= 0.3 is 5.97 Å². The fraction of sp³-hybridized carbons (Fsp3) is 0.273. The Morgan fingerprint density at radius 2 is 1.56 bits per heavy atom. The zero-order chi connectivity index (χ0) is 29.4. The molecular weight excluding hydrogens is 522 g/mol. The number of rotatable bonds is 12. The van der Waals surface area contributed by atoms with Gasteiger partial charge in [-0.05, 0) is 60.9 Å². The molecule has 4 aromatic rings. The van der Waals surface area contributed by atoms with Gasteiger partial charge in [-0.2, -0.15) is 0 Å². The molecule has 214 valence electrons. The molecule has 0 amide bonds. The lowest BCUT2D eigenvalue weighted by atomic mass is 9.87. The fourth-order valence-electron chi connectivity index (χ4n) is 4.87. The molecule has 0 unspecified atom stereocenters. The number of pyridine rings is 1. The van der Waals surface area contributed by atoms with E-state index in [4.69, 9.17) is 14.2 Å². The number of ether oxygens (including phenoxy) is 3. The van der Waals surface area contributed by atoms with Gasteiger partial charge in [-0.1, -0.05) is 42.5 Å². The molecule has 4 rings (SSSR count). The van der Waals surface area contributed by atoms with Crippen LogP contribution in [0.1, 0.15) is 40.3 Å². The predicted molar refractivity (Wildman–Crippen MR) is 156 cm³/mol. The lowest BCUT2D eigenvalue weighted by Gasteiger charge is -2.22. The molecule has 1 atom stereocenters. The average molecular weight is 558 g/mol. The summed E-state index contributed by atoms with van der Waals surface area (Å²) >= 11 is 0.